The molecule has 0 fully saturated rings. The van der Waals surface area contributed by atoms with E-state index in [0.29, 0.717) is 22.7 Å². The largest absolute Gasteiger partial charge is 0.489 e. The molecule has 0 spiro atoms. The molecule has 150 valence electrons. The Balaban J connectivity index is 1.79. The maximum Gasteiger partial charge on any atom is 0.261 e. The molecule has 6 nitrogen and oxygen atoms in total. The predicted octanol–water partition coefficient (Wildman–Crippen LogP) is 4.53. The molecule has 0 aliphatic carbocycles. The first-order chi connectivity index (χ1) is 13.8. The van der Waals surface area contributed by atoms with Crippen LogP contribution in [0.3, 0.4) is 0 Å². The minimum Gasteiger partial charge on any atom is -0.489 e. The Morgan fingerprint density at radius 3 is 2.31 bits per heavy atom. The first kappa shape index (κ1) is 20.4. The van der Waals surface area contributed by atoms with Gasteiger partial charge in [-0.25, -0.2) is 8.42 Å². The molecule has 7 heteroatoms. The summed E-state index contributed by atoms with van der Waals surface area (Å²) in [6.07, 6.45) is -0.0382. The maximum absolute atomic E-state index is 12.7. The van der Waals surface area contributed by atoms with Crippen LogP contribution in [-0.2, 0) is 10.0 Å². The summed E-state index contributed by atoms with van der Waals surface area (Å²) < 4.78 is 33.2. The summed E-state index contributed by atoms with van der Waals surface area (Å²) in [5.74, 6) is 0.197. The van der Waals surface area contributed by atoms with Crippen molar-refractivity contribution in [3.63, 3.8) is 0 Å². The van der Waals surface area contributed by atoms with E-state index in [4.69, 9.17) is 4.74 Å². The van der Waals surface area contributed by atoms with Crippen LogP contribution < -0.4 is 14.8 Å². The quantitative estimate of drug-likeness (QED) is 0.599. The van der Waals surface area contributed by atoms with Crippen LogP contribution in [0.4, 0.5) is 11.4 Å². The van der Waals surface area contributed by atoms with Crippen molar-refractivity contribution >= 4 is 27.3 Å². The number of ether oxygens (including phenoxy) is 1. The zero-order chi connectivity index (χ0) is 20.9. The van der Waals surface area contributed by atoms with Gasteiger partial charge < -0.3 is 10.1 Å². The van der Waals surface area contributed by atoms with Crippen LogP contribution in [0, 0.1) is 0 Å². The second kappa shape index (κ2) is 8.79. The molecule has 0 aromatic heterocycles. The van der Waals surface area contributed by atoms with Gasteiger partial charge in [0, 0.05) is 11.3 Å². The van der Waals surface area contributed by atoms with Crippen LogP contribution in [0.1, 0.15) is 24.2 Å². The molecule has 0 radical (unpaired) electrons. The van der Waals surface area contributed by atoms with Crippen molar-refractivity contribution < 1.29 is 17.9 Å². The topological polar surface area (TPSA) is 84.5 Å². The van der Waals surface area contributed by atoms with Gasteiger partial charge in [0.15, 0.2) is 0 Å². The van der Waals surface area contributed by atoms with Gasteiger partial charge in [-0.15, -0.1) is 0 Å². The second-order valence-electron chi connectivity index (χ2n) is 6.62. The monoisotopic (exact) mass is 410 g/mol. The van der Waals surface area contributed by atoms with Crippen molar-refractivity contribution in [3.8, 4) is 5.75 Å². The van der Waals surface area contributed by atoms with Gasteiger partial charge in [-0.2, -0.15) is 0 Å². The number of hydrogen-bond donors (Lipinski definition) is 2. The Hall–Kier alpha value is -3.32. The number of rotatable bonds is 7. The number of nitrogens with one attached hydrogen (secondary N) is 2. The van der Waals surface area contributed by atoms with E-state index >= 15 is 0 Å². The number of carbonyl (C=O) groups is 1. The zero-order valence-corrected chi connectivity index (χ0v) is 16.9. The van der Waals surface area contributed by atoms with Gasteiger partial charge in [0.1, 0.15) is 5.75 Å². The van der Waals surface area contributed by atoms with Gasteiger partial charge in [-0.1, -0.05) is 36.4 Å². The van der Waals surface area contributed by atoms with Gasteiger partial charge in [-0.3, -0.25) is 9.52 Å². The number of amides is 1. The van der Waals surface area contributed by atoms with Crippen LogP contribution in [0.5, 0.6) is 5.75 Å². The van der Waals surface area contributed by atoms with Crippen molar-refractivity contribution in [2.45, 2.75) is 24.8 Å². The number of anilines is 2. The summed E-state index contributed by atoms with van der Waals surface area (Å²) in [5, 5.41) is 2.81. The molecule has 0 saturated carbocycles. The van der Waals surface area contributed by atoms with Crippen LogP contribution >= 0.6 is 0 Å². The van der Waals surface area contributed by atoms with E-state index in [0.717, 1.165) is 0 Å². The van der Waals surface area contributed by atoms with Gasteiger partial charge in [0.2, 0.25) is 0 Å². The average molecular weight is 410 g/mol. The lowest BCUT2D eigenvalue weighted by molar-refractivity contribution is 0.102. The Morgan fingerprint density at radius 1 is 0.897 bits per heavy atom. The lowest BCUT2D eigenvalue weighted by atomic mass is 10.2. The molecule has 0 atom stereocenters. The molecule has 0 aliphatic rings. The van der Waals surface area contributed by atoms with Crippen molar-refractivity contribution in [3.05, 3.63) is 84.4 Å². The molecule has 2 N–H and O–H groups in total. The van der Waals surface area contributed by atoms with E-state index in [1.54, 1.807) is 54.6 Å². The van der Waals surface area contributed by atoms with Crippen molar-refractivity contribution in [1.82, 2.24) is 0 Å². The Morgan fingerprint density at radius 2 is 1.59 bits per heavy atom. The van der Waals surface area contributed by atoms with Crippen molar-refractivity contribution in [2.24, 2.45) is 0 Å². The number of carbonyl (C=O) groups excluding carboxylic acids is 1. The molecule has 3 rings (SSSR count). The number of sulfonamides is 1. The minimum absolute atomic E-state index is 0.0382. The third-order valence-corrected chi connectivity index (χ3v) is 5.33. The molecule has 1 amide bonds. The van der Waals surface area contributed by atoms with Crippen molar-refractivity contribution in [1.29, 1.82) is 0 Å². The van der Waals surface area contributed by atoms with E-state index in [9.17, 15) is 13.2 Å². The fourth-order valence-electron chi connectivity index (χ4n) is 2.66. The molecule has 0 bridgehead atoms. The molecular weight excluding hydrogens is 388 g/mol. The average Bonchev–Trinajstić information content (AvgIpc) is 2.69. The standard InChI is InChI=1S/C22H22N2O4S/c1-16(2)28-21-14-7-6-13-20(21)23-22(25)17-9-8-10-18(15-17)24-29(26,27)19-11-4-3-5-12-19/h3-16,24H,1-2H3,(H,23,25). The molecular formula is C22H22N2O4S. The molecule has 29 heavy (non-hydrogen) atoms. The number of benzene rings is 3. The minimum atomic E-state index is -3.74. The van der Waals surface area contributed by atoms with Gasteiger partial charge in [0.25, 0.3) is 15.9 Å². The first-order valence-corrected chi connectivity index (χ1v) is 10.6. The Labute approximate surface area is 170 Å². The number of para-hydroxylation sites is 2. The Bertz CT molecular complexity index is 1100. The molecule has 0 unspecified atom stereocenters. The molecule has 0 heterocycles. The molecule has 3 aromatic rings. The van der Waals surface area contributed by atoms with Gasteiger partial charge >= 0.3 is 0 Å². The third-order valence-electron chi connectivity index (χ3n) is 3.93. The van der Waals surface area contributed by atoms with Crippen LogP contribution in [0.25, 0.3) is 0 Å². The lowest BCUT2D eigenvalue weighted by Gasteiger charge is -2.15. The third kappa shape index (κ3) is 5.36. The van der Waals surface area contributed by atoms with E-state index in [1.165, 1.54) is 18.2 Å². The maximum atomic E-state index is 12.7. The van der Waals surface area contributed by atoms with Crippen LogP contribution in [0.2, 0.25) is 0 Å². The fourth-order valence-corrected chi connectivity index (χ4v) is 3.73. The molecule has 3 aromatic carbocycles. The van der Waals surface area contributed by atoms with Crippen LogP contribution in [-0.4, -0.2) is 20.4 Å². The van der Waals surface area contributed by atoms with E-state index in [-0.39, 0.29) is 16.9 Å². The summed E-state index contributed by atoms with van der Waals surface area (Å²) in [5.41, 5.74) is 1.16. The van der Waals surface area contributed by atoms with Gasteiger partial charge in [-0.05, 0) is 56.3 Å². The highest BCUT2D eigenvalue weighted by atomic mass is 32.2. The molecule has 0 saturated heterocycles. The predicted molar refractivity (Wildman–Crippen MR) is 114 cm³/mol. The zero-order valence-electron chi connectivity index (χ0n) is 16.1. The summed E-state index contributed by atoms with van der Waals surface area (Å²) in [4.78, 5) is 12.8. The number of hydrogen-bond acceptors (Lipinski definition) is 4. The van der Waals surface area contributed by atoms with E-state index < -0.39 is 10.0 Å². The van der Waals surface area contributed by atoms with E-state index in [1.807, 2.05) is 19.9 Å². The lowest BCUT2D eigenvalue weighted by Crippen LogP contribution is -2.16. The molecule has 0 aliphatic heterocycles. The van der Waals surface area contributed by atoms with Gasteiger partial charge in [0.05, 0.1) is 16.7 Å². The fraction of sp³-hybridized carbons (Fsp3) is 0.136. The van der Waals surface area contributed by atoms with Crippen molar-refractivity contribution in [2.75, 3.05) is 10.0 Å². The van der Waals surface area contributed by atoms with Crippen LogP contribution in [0.15, 0.2) is 83.8 Å². The van der Waals surface area contributed by atoms with E-state index in [2.05, 4.69) is 10.0 Å². The highest BCUT2D eigenvalue weighted by Crippen LogP contribution is 2.26. The highest BCUT2D eigenvalue weighted by Gasteiger charge is 2.15. The smallest absolute Gasteiger partial charge is 0.261 e. The summed E-state index contributed by atoms with van der Waals surface area (Å²) in [6, 6.07) is 21.5. The normalized spacial score (nSPS) is 11.1. The highest BCUT2D eigenvalue weighted by molar-refractivity contribution is 7.92. The Kier molecular flexibility index (Phi) is 6.19. The summed E-state index contributed by atoms with van der Waals surface area (Å²) in [6.45, 7) is 3.81. The SMILES string of the molecule is CC(C)Oc1ccccc1NC(=O)c1cccc(NS(=O)(=O)c2ccccc2)c1. The second-order valence-corrected chi connectivity index (χ2v) is 8.30. The first-order valence-electron chi connectivity index (χ1n) is 9.10. The summed E-state index contributed by atoms with van der Waals surface area (Å²) >= 11 is 0. The summed E-state index contributed by atoms with van der Waals surface area (Å²) in [7, 11) is -3.74.